The van der Waals surface area contributed by atoms with E-state index in [4.69, 9.17) is 23.2 Å². The van der Waals surface area contributed by atoms with Crippen LogP contribution < -0.4 is 0 Å². The maximum atomic E-state index is 6.04. The number of alkyl halides is 2. The second-order valence-electron chi connectivity index (χ2n) is 3.97. The molecule has 0 spiro atoms. The number of hydrogen-bond donors (Lipinski definition) is 0. The molecule has 1 aliphatic rings. The highest BCUT2D eigenvalue weighted by molar-refractivity contribution is 9.09. The zero-order chi connectivity index (χ0) is 11.1. The van der Waals surface area contributed by atoms with E-state index in [1.54, 1.807) is 0 Å². The Morgan fingerprint density at radius 1 is 1.27 bits per heavy atom. The van der Waals surface area contributed by atoms with Crippen LogP contribution in [0.1, 0.15) is 12.0 Å². The van der Waals surface area contributed by atoms with Crippen molar-refractivity contribution >= 4 is 55.1 Å². The molecule has 2 atom stereocenters. The Bertz CT molecular complexity index is 381. The Balaban J connectivity index is 2.33. The number of benzene rings is 1. The van der Waals surface area contributed by atoms with Crippen molar-refractivity contribution in [3.8, 4) is 0 Å². The second-order valence-corrected chi connectivity index (χ2v) is 6.00. The van der Waals surface area contributed by atoms with E-state index in [0.29, 0.717) is 16.0 Å². The Hall–Kier alpha value is 0.760. The molecule has 2 rings (SSSR count). The minimum Gasteiger partial charge on any atom is -0.0925 e. The number of rotatable bonds is 3. The fourth-order valence-corrected chi connectivity index (χ4v) is 4.14. The molecule has 0 aromatic heterocycles. The molecule has 1 fully saturated rings. The molecule has 0 saturated heterocycles. The highest BCUT2D eigenvalue weighted by Gasteiger charge is 2.53. The largest absolute Gasteiger partial charge is 0.0925 e. The normalized spacial score (nSPS) is 29.2. The van der Waals surface area contributed by atoms with Gasteiger partial charge in [-0.3, -0.25) is 0 Å². The lowest BCUT2D eigenvalue weighted by Gasteiger charge is -2.14. The molecule has 0 unspecified atom stereocenters. The third kappa shape index (κ3) is 2.11. The molecule has 1 saturated carbocycles. The highest BCUT2D eigenvalue weighted by Crippen LogP contribution is 2.56. The van der Waals surface area contributed by atoms with Crippen molar-refractivity contribution in [2.24, 2.45) is 5.92 Å². The van der Waals surface area contributed by atoms with E-state index in [1.807, 2.05) is 12.1 Å². The molecule has 1 aromatic carbocycles. The predicted molar refractivity (Wildman–Crippen MR) is 73.8 cm³/mol. The Kier molecular flexibility index (Phi) is 3.71. The first-order valence-electron chi connectivity index (χ1n) is 4.71. The van der Waals surface area contributed by atoms with Crippen molar-refractivity contribution in [1.29, 1.82) is 0 Å². The van der Waals surface area contributed by atoms with Gasteiger partial charge in [-0.05, 0) is 30.0 Å². The summed E-state index contributed by atoms with van der Waals surface area (Å²) in [6.45, 7) is 0. The van der Waals surface area contributed by atoms with Gasteiger partial charge in [-0.2, -0.15) is 0 Å². The van der Waals surface area contributed by atoms with Gasteiger partial charge in [0.05, 0.1) is 10.0 Å². The van der Waals surface area contributed by atoms with Crippen molar-refractivity contribution in [2.45, 2.75) is 11.8 Å². The summed E-state index contributed by atoms with van der Waals surface area (Å²) in [6.07, 6.45) is 1.21. The van der Waals surface area contributed by atoms with Gasteiger partial charge in [0.1, 0.15) is 0 Å². The topological polar surface area (TPSA) is 0 Å². The van der Waals surface area contributed by atoms with Crippen LogP contribution in [0.2, 0.25) is 10.0 Å². The van der Waals surface area contributed by atoms with Crippen molar-refractivity contribution in [3.63, 3.8) is 0 Å². The summed E-state index contributed by atoms with van der Waals surface area (Å²) in [5.41, 5.74) is 1.55. The molecule has 15 heavy (non-hydrogen) atoms. The van der Waals surface area contributed by atoms with Gasteiger partial charge in [-0.15, -0.1) is 0 Å². The van der Waals surface area contributed by atoms with Crippen molar-refractivity contribution < 1.29 is 0 Å². The van der Waals surface area contributed by atoms with Crippen LogP contribution in [0, 0.1) is 5.92 Å². The molecule has 0 radical (unpaired) electrons. The first kappa shape index (κ1) is 12.2. The van der Waals surface area contributed by atoms with Crippen LogP contribution in [0.15, 0.2) is 18.2 Å². The van der Waals surface area contributed by atoms with Gasteiger partial charge < -0.3 is 0 Å². The lowest BCUT2D eigenvalue weighted by Crippen LogP contribution is -2.12. The Labute approximate surface area is 117 Å². The van der Waals surface area contributed by atoms with Crippen molar-refractivity contribution in [3.05, 3.63) is 33.8 Å². The van der Waals surface area contributed by atoms with E-state index in [9.17, 15) is 0 Å². The summed E-state index contributed by atoms with van der Waals surface area (Å²) in [6, 6.07) is 5.96. The molecule has 0 aliphatic heterocycles. The fraction of sp³-hybridized carbons (Fsp3) is 0.455. The van der Waals surface area contributed by atoms with Crippen LogP contribution in [-0.2, 0) is 5.41 Å². The maximum Gasteiger partial charge on any atom is 0.0595 e. The van der Waals surface area contributed by atoms with Gasteiger partial charge in [-0.1, -0.05) is 61.1 Å². The van der Waals surface area contributed by atoms with Crippen LogP contribution in [-0.4, -0.2) is 10.7 Å². The average molecular weight is 373 g/mol. The molecular formula is C11H10Br2Cl2. The van der Waals surface area contributed by atoms with E-state index in [1.165, 1.54) is 12.0 Å². The molecule has 82 valence electrons. The molecule has 0 bridgehead atoms. The average Bonchev–Trinajstić information content (AvgIpc) is 2.97. The standard InChI is InChI=1S/C11H10Br2Cl2/c12-5-8-4-11(8,6-13)7-1-2-9(14)10(15)3-7/h1-3,8H,4-6H2/t8-,11+/m1/s1. The lowest BCUT2D eigenvalue weighted by molar-refractivity contribution is 0.727. The van der Waals surface area contributed by atoms with Crippen LogP contribution in [0.3, 0.4) is 0 Å². The zero-order valence-electron chi connectivity index (χ0n) is 7.94. The molecule has 1 aromatic rings. The molecule has 1 aliphatic carbocycles. The van der Waals surface area contributed by atoms with Crippen LogP contribution >= 0.6 is 55.1 Å². The van der Waals surface area contributed by atoms with Crippen LogP contribution in [0.5, 0.6) is 0 Å². The molecular weight excluding hydrogens is 363 g/mol. The van der Waals surface area contributed by atoms with Gasteiger partial charge in [0.2, 0.25) is 0 Å². The third-order valence-corrected chi connectivity index (χ3v) is 5.67. The lowest BCUT2D eigenvalue weighted by atomic mass is 9.96. The van der Waals surface area contributed by atoms with Gasteiger partial charge in [0.25, 0.3) is 0 Å². The van der Waals surface area contributed by atoms with E-state index < -0.39 is 0 Å². The minimum atomic E-state index is 0.262. The zero-order valence-corrected chi connectivity index (χ0v) is 12.6. The van der Waals surface area contributed by atoms with Crippen molar-refractivity contribution in [2.75, 3.05) is 10.7 Å². The van der Waals surface area contributed by atoms with E-state index in [-0.39, 0.29) is 5.41 Å². The molecule has 0 heterocycles. The van der Waals surface area contributed by atoms with Crippen molar-refractivity contribution in [1.82, 2.24) is 0 Å². The molecule has 0 nitrogen and oxygen atoms in total. The SMILES string of the molecule is Clc1ccc([C@@]2(CBr)C[C@@H]2CBr)cc1Cl. The van der Waals surface area contributed by atoms with Gasteiger partial charge >= 0.3 is 0 Å². The van der Waals surface area contributed by atoms with E-state index >= 15 is 0 Å². The number of hydrogen-bond acceptors (Lipinski definition) is 0. The summed E-state index contributed by atoms with van der Waals surface area (Å²) in [4.78, 5) is 0. The predicted octanol–water partition coefficient (Wildman–Crippen LogP) is 5.04. The molecule has 0 amide bonds. The minimum absolute atomic E-state index is 0.262. The summed E-state index contributed by atoms with van der Waals surface area (Å²) in [5.74, 6) is 0.703. The summed E-state index contributed by atoms with van der Waals surface area (Å²) < 4.78 is 0. The summed E-state index contributed by atoms with van der Waals surface area (Å²) in [5, 5.41) is 3.29. The first-order chi connectivity index (χ1) is 7.14. The quantitative estimate of drug-likeness (QED) is 0.652. The smallest absolute Gasteiger partial charge is 0.0595 e. The Morgan fingerprint density at radius 2 is 2.00 bits per heavy atom. The van der Waals surface area contributed by atoms with Gasteiger partial charge in [-0.25, -0.2) is 0 Å². The van der Waals surface area contributed by atoms with Gasteiger partial charge in [0, 0.05) is 16.1 Å². The molecule has 4 heteroatoms. The molecule has 0 N–H and O–H groups in total. The van der Waals surface area contributed by atoms with E-state index in [0.717, 1.165) is 10.7 Å². The summed E-state index contributed by atoms with van der Waals surface area (Å²) in [7, 11) is 0. The fourth-order valence-electron chi connectivity index (χ4n) is 1.98. The highest BCUT2D eigenvalue weighted by atomic mass is 79.9. The Morgan fingerprint density at radius 3 is 2.47 bits per heavy atom. The van der Waals surface area contributed by atoms with Crippen LogP contribution in [0.4, 0.5) is 0 Å². The second kappa shape index (κ2) is 4.56. The maximum absolute atomic E-state index is 6.04. The summed E-state index contributed by atoms with van der Waals surface area (Å²) >= 11 is 19.1. The monoisotopic (exact) mass is 370 g/mol. The van der Waals surface area contributed by atoms with Gasteiger partial charge in [0.15, 0.2) is 0 Å². The number of halogens is 4. The van der Waals surface area contributed by atoms with Crippen LogP contribution in [0.25, 0.3) is 0 Å². The first-order valence-corrected chi connectivity index (χ1v) is 7.71. The third-order valence-electron chi connectivity index (χ3n) is 3.15. The van der Waals surface area contributed by atoms with E-state index in [2.05, 4.69) is 37.9 Å².